The van der Waals surface area contributed by atoms with Crippen molar-refractivity contribution in [1.29, 1.82) is 0 Å². The van der Waals surface area contributed by atoms with Crippen LogP contribution in [0.3, 0.4) is 0 Å². The smallest absolute Gasteiger partial charge is 0.0894 e. The summed E-state index contributed by atoms with van der Waals surface area (Å²) >= 11 is 0. The lowest BCUT2D eigenvalue weighted by atomic mass is 9.74. The van der Waals surface area contributed by atoms with Gasteiger partial charge < -0.3 is 10.4 Å². The molecular weight excluding hydrogens is 438 g/mol. The highest BCUT2D eigenvalue weighted by atomic mass is 16.3. The lowest BCUT2D eigenvalue weighted by molar-refractivity contribution is 0.414. The number of aliphatic hydroxyl groups excluding tert-OH is 1. The molecule has 2 nitrogen and oxygen atoms in total. The molecule has 2 unspecified atom stereocenters. The second kappa shape index (κ2) is 12.3. The van der Waals surface area contributed by atoms with Gasteiger partial charge in [0.05, 0.1) is 5.76 Å². The van der Waals surface area contributed by atoms with Crippen molar-refractivity contribution in [3.05, 3.63) is 106 Å². The first-order valence-corrected chi connectivity index (χ1v) is 13.5. The van der Waals surface area contributed by atoms with E-state index in [0.717, 1.165) is 24.1 Å². The highest BCUT2D eigenvalue weighted by Gasteiger charge is 2.26. The Kier molecular flexibility index (Phi) is 9.43. The molecule has 2 N–H and O–H groups in total. The summed E-state index contributed by atoms with van der Waals surface area (Å²) in [6.45, 7) is 20.4. The van der Waals surface area contributed by atoms with Gasteiger partial charge in [-0.15, -0.1) is 0 Å². The molecule has 0 amide bonds. The molecule has 192 valence electrons. The van der Waals surface area contributed by atoms with E-state index >= 15 is 0 Å². The molecule has 0 radical (unpaired) electrons. The molecule has 2 atom stereocenters. The lowest BCUT2D eigenvalue weighted by Gasteiger charge is -2.31. The van der Waals surface area contributed by atoms with Crippen molar-refractivity contribution in [2.45, 2.75) is 85.0 Å². The van der Waals surface area contributed by atoms with Crippen molar-refractivity contribution < 1.29 is 5.11 Å². The maximum Gasteiger partial charge on any atom is 0.0894 e. The molecule has 1 aliphatic carbocycles. The fourth-order valence-electron chi connectivity index (χ4n) is 5.34. The van der Waals surface area contributed by atoms with Gasteiger partial charge >= 0.3 is 0 Å². The minimum absolute atomic E-state index is 0.281. The third kappa shape index (κ3) is 6.60. The van der Waals surface area contributed by atoms with Crippen LogP contribution in [0.2, 0.25) is 0 Å². The minimum atomic E-state index is 0.281. The molecule has 0 aromatic heterocycles. The van der Waals surface area contributed by atoms with Crippen molar-refractivity contribution in [1.82, 2.24) is 0 Å². The third-order valence-electron chi connectivity index (χ3n) is 7.45. The summed E-state index contributed by atoms with van der Waals surface area (Å²) in [5, 5.41) is 13.1. The summed E-state index contributed by atoms with van der Waals surface area (Å²) in [4.78, 5) is 0. The minimum Gasteiger partial charge on any atom is -0.513 e. The van der Waals surface area contributed by atoms with Crippen LogP contribution in [-0.4, -0.2) is 11.7 Å². The number of hydrogen-bond donors (Lipinski definition) is 2. The van der Waals surface area contributed by atoms with Gasteiger partial charge in [0.15, 0.2) is 0 Å². The van der Waals surface area contributed by atoms with E-state index < -0.39 is 0 Å². The Bertz CT molecular complexity index is 1130. The summed E-state index contributed by atoms with van der Waals surface area (Å²) in [5.41, 5.74) is 10.6. The van der Waals surface area contributed by atoms with Crippen LogP contribution in [0.15, 0.2) is 78.6 Å². The molecule has 2 heteroatoms. The highest BCUT2D eigenvalue weighted by molar-refractivity contribution is 5.71. The first kappa shape index (κ1) is 27.6. The van der Waals surface area contributed by atoms with Crippen LogP contribution in [0.5, 0.6) is 0 Å². The quantitative estimate of drug-likeness (QED) is 0.260. The molecule has 0 saturated heterocycles. The van der Waals surface area contributed by atoms with Gasteiger partial charge in [0.25, 0.3) is 0 Å². The Morgan fingerprint density at radius 3 is 2.17 bits per heavy atom. The van der Waals surface area contributed by atoms with Gasteiger partial charge in [0.1, 0.15) is 0 Å². The number of nitrogens with one attached hydrogen (secondary N) is 1. The molecule has 2 aromatic rings. The summed E-state index contributed by atoms with van der Waals surface area (Å²) in [6, 6.07) is 13.6. The molecular formula is C34H45NO. The average Bonchev–Trinajstić information content (AvgIpc) is 2.86. The van der Waals surface area contributed by atoms with Crippen molar-refractivity contribution in [2.75, 3.05) is 11.9 Å². The molecule has 0 heterocycles. The summed E-state index contributed by atoms with van der Waals surface area (Å²) in [5.74, 6) is 1.88. The van der Waals surface area contributed by atoms with Crippen LogP contribution in [-0.2, 0) is 0 Å². The van der Waals surface area contributed by atoms with Crippen LogP contribution in [0.25, 0.3) is 5.57 Å². The van der Waals surface area contributed by atoms with E-state index in [4.69, 9.17) is 0 Å². The number of rotatable bonds is 10. The first-order chi connectivity index (χ1) is 17.1. The van der Waals surface area contributed by atoms with Gasteiger partial charge in [-0.3, -0.25) is 0 Å². The Hall–Kier alpha value is -3.00. The summed E-state index contributed by atoms with van der Waals surface area (Å²) < 4.78 is 0. The Labute approximate surface area is 219 Å². The molecule has 0 aliphatic heterocycles. The SMILES string of the molecule is C=C(/C=C(\C)O)CNc1ccccc1C(C)C(C)c1c(C(C)C)cc(C2=CC=CCC2)cc1C(C)C. The van der Waals surface area contributed by atoms with Crippen molar-refractivity contribution in [3.63, 3.8) is 0 Å². The Balaban J connectivity index is 2.02. The number of aliphatic hydroxyl groups is 1. The van der Waals surface area contributed by atoms with Crippen molar-refractivity contribution >= 4 is 11.3 Å². The molecule has 0 bridgehead atoms. The number of allylic oxidation sites excluding steroid dienone is 5. The molecule has 0 spiro atoms. The zero-order valence-corrected chi connectivity index (χ0v) is 23.4. The number of benzene rings is 2. The van der Waals surface area contributed by atoms with E-state index in [-0.39, 0.29) is 5.76 Å². The van der Waals surface area contributed by atoms with E-state index in [0.29, 0.717) is 30.2 Å². The Morgan fingerprint density at radius 2 is 1.61 bits per heavy atom. The summed E-state index contributed by atoms with van der Waals surface area (Å²) in [7, 11) is 0. The highest BCUT2D eigenvalue weighted by Crippen LogP contribution is 2.43. The summed E-state index contributed by atoms with van der Waals surface area (Å²) in [6.07, 6.45) is 10.7. The van der Waals surface area contributed by atoms with Crippen LogP contribution in [0, 0.1) is 0 Å². The van der Waals surface area contributed by atoms with Gasteiger partial charge in [-0.25, -0.2) is 0 Å². The topological polar surface area (TPSA) is 32.3 Å². The van der Waals surface area contributed by atoms with E-state index in [1.807, 2.05) is 0 Å². The molecule has 0 fully saturated rings. The van der Waals surface area contributed by atoms with E-state index in [9.17, 15) is 5.11 Å². The second-order valence-electron chi connectivity index (χ2n) is 11.0. The van der Waals surface area contributed by atoms with Gasteiger partial charge in [-0.1, -0.05) is 96.7 Å². The zero-order valence-electron chi connectivity index (χ0n) is 23.4. The van der Waals surface area contributed by atoms with E-state index in [2.05, 4.69) is 108 Å². The Morgan fingerprint density at radius 1 is 0.972 bits per heavy atom. The number of anilines is 1. The van der Waals surface area contributed by atoms with Gasteiger partial charge in [0.2, 0.25) is 0 Å². The predicted octanol–water partition coefficient (Wildman–Crippen LogP) is 10.0. The van der Waals surface area contributed by atoms with Gasteiger partial charge in [-0.2, -0.15) is 0 Å². The third-order valence-corrected chi connectivity index (χ3v) is 7.45. The van der Waals surface area contributed by atoms with Crippen LogP contribution in [0.4, 0.5) is 5.69 Å². The molecule has 1 aliphatic rings. The van der Waals surface area contributed by atoms with Gasteiger partial charge in [0, 0.05) is 12.2 Å². The number of para-hydroxylation sites is 1. The van der Waals surface area contributed by atoms with Crippen molar-refractivity contribution in [3.8, 4) is 0 Å². The zero-order chi connectivity index (χ0) is 26.4. The predicted molar refractivity (Wildman–Crippen MR) is 158 cm³/mol. The van der Waals surface area contributed by atoms with E-state index in [1.165, 1.54) is 33.4 Å². The largest absolute Gasteiger partial charge is 0.513 e. The lowest BCUT2D eigenvalue weighted by Crippen LogP contribution is -2.15. The average molecular weight is 484 g/mol. The fourth-order valence-corrected chi connectivity index (χ4v) is 5.34. The van der Waals surface area contributed by atoms with Crippen LogP contribution in [0.1, 0.15) is 113 Å². The first-order valence-electron chi connectivity index (χ1n) is 13.5. The standard InChI is InChI=1S/C34H45NO/c1-22(2)31-19-29(28-14-10-9-11-15-28)20-32(23(3)4)34(31)27(8)26(7)30-16-12-13-17-33(30)35-21-24(5)18-25(6)36/h9-10,12-14,16-20,22-23,26-27,35-36H,5,11,15,21H2,1-4,6-8H3/b25-18+. The van der Waals surface area contributed by atoms with Gasteiger partial charge in [-0.05, 0) is 94.5 Å². The van der Waals surface area contributed by atoms with E-state index in [1.54, 1.807) is 13.0 Å². The maximum absolute atomic E-state index is 9.57. The van der Waals surface area contributed by atoms with Crippen molar-refractivity contribution in [2.24, 2.45) is 0 Å². The fraction of sp³-hybridized carbons (Fsp3) is 0.412. The molecule has 2 aromatic carbocycles. The molecule has 36 heavy (non-hydrogen) atoms. The molecule has 0 saturated carbocycles. The normalized spacial score (nSPS) is 15.7. The van der Waals surface area contributed by atoms with Crippen LogP contribution < -0.4 is 5.32 Å². The number of hydrogen-bond acceptors (Lipinski definition) is 2. The second-order valence-corrected chi connectivity index (χ2v) is 11.0. The molecule has 3 rings (SSSR count). The maximum atomic E-state index is 9.57. The van der Waals surface area contributed by atoms with Crippen LogP contribution >= 0.6 is 0 Å². The monoisotopic (exact) mass is 483 g/mol.